The Balaban J connectivity index is 1.84. The van der Waals surface area contributed by atoms with Crippen molar-refractivity contribution >= 4 is 27.5 Å². The van der Waals surface area contributed by atoms with E-state index in [0.29, 0.717) is 6.04 Å². The Morgan fingerprint density at radius 2 is 2.05 bits per heavy atom. The lowest BCUT2D eigenvalue weighted by Gasteiger charge is -2.28. The number of nitrogens with zero attached hydrogens (tertiary/aromatic N) is 2. The molecule has 3 N–H and O–H groups in total. The second kappa shape index (κ2) is 5.37. The van der Waals surface area contributed by atoms with Crippen LogP contribution in [0.3, 0.4) is 0 Å². The highest BCUT2D eigenvalue weighted by molar-refractivity contribution is 9.10. The van der Waals surface area contributed by atoms with Gasteiger partial charge in [0.05, 0.1) is 5.69 Å². The summed E-state index contributed by atoms with van der Waals surface area (Å²) < 4.78 is 1.03. The summed E-state index contributed by atoms with van der Waals surface area (Å²) in [6.07, 6.45) is 3.88. The largest absolute Gasteiger partial charge is 0.384 e. The van der Waals surface area contributed by atoms with E-state index >= 15 is 0 Å². The smallest absolute Gasteiger partial charge is 0.122 e. The molecular formula is C15H21BrN4. The number of amidine groups is 1. The highest BCUT2D eigenvalue weighted by Crippen LogP contribution is 2.34. The fourth-order valence-electron chi connectivity index (χ4n) is 3.46. The number of nitrogens with two attached hydrogens (primary N) is 1. The Labute approximate surface area is 128 Å². The number of rotatable bonds is 2. The topological polar surface area (TPSA) is 56.4 Å². The van der Waals surface area contributed by atoms with Gasteiger partial charge in [-0.25, -0.2) is 0 Å². The number of anilines is 1. The maximum atomic E-state index is 7.51. The van der Waals surface area contributed by atoms with Gasteiger partial charge in [0.15, 0.2) is 0 Å². The minimum Gasteiger partial charge on any atom is -0.384 e. The molecule has 5 heteroatoms. The molecule has 20 heavy (non-hydrogen) atoms. The monoisotopic (exact) mass is 336 g/mol. The van der Waals surface area contributed by atoms with Crippen LogP contribution < -0.4 is 10.6 Å². The maximum absolute atomic E-state index is 7.51. The molecule has 3 rings (SSSR count). The third-order valence-electron chi connectivity index (χ3n) is 4.75. The van der Waals surface area contributed by atoms with E-state index in [2.05, 4.69) is 38.8 Å². The number of halogens is 1. The van der Waals surface area contributed by atoms with Crippen LogP contribution in [0.2, 0.25) is 0 Å². The van der Waals surface area contributed by atoms with Crippen molar-refractivity contribution in [2.45, 2.75) is 31.3 Å². The van der Waals surface area contributed by atoms with Gasteiger partial charge in [0.1, 0.15) is 5.84 Å². The van der Waals surface area contributed by atoms with E-state index in [0.717, 1.165) is 29.2 Å². The van der Waals surface area contributed by atoms with E-state index in [1.54, 1.807) is 0 Å². The average molecular weight is 337 g/mol. The number of nitrogen functional groups attached to an aromatic ring is 1. The number of hydrogen-bond acceptors (Lipinski definition) is 3. The molecule has 1 aromatic carbocycles. The molecule has 2 heterocycles. The Morgan fingerprint density at radius 3 is 2.75 bits per heavy atom. The zero-order valence-electron chi connectivity index (χ0n) is 11.8. The number of nitrogens with one attached hydrogen (secondary N) is 1. The molecule has 0 aliphatic carbocycles. The fraction of sp³-hybridized carbons (Fsp3) is 0.533. The second-order valence-corrected chi connectivity index (χ2v) is 6.72. The SMILES string of the molecule is CN1C2CCC1CN(c1ccc(C(=N)N)cc1Br)CC2. The third kappa shape index (κ3) is 2.44. The van der Waals surface area contributed by atoms with Crippen LogP contribution in [0, 0.1) is 5.41 Å². The molecule has 2 saturated heterocycles. The molecule has 2 bridgehead atoms. The van der Waals surface area contributed by atoms with Crippen molar-refractivity contribution in [2.24, 2.45) is 5.73 Å². The van der Waals surface area contributed by atoms with Crippen LogP contribution in [0.25, 0.3) is 0 Å². The zero-order chi connectivity index (χ0) is 14.3. The summed E-state index contributed by atoms with van der Waals surface area (Å²) in [4.78, 5) is 5.02. The molecule has 0 radical (unpaired) electrons. The molecule has 4 nitrogen and oxygen atoms in total. The Kier molecular flexibility index (Phi) is 3.73. The van der Waals surface area contributed by atoms with Gasteiger partial charge in [-0.05, 0) is 60.4 Å². The van der Waals surface area contributed by atoms with Gasteiger partial charge < -0.3 is 10.6 Å². The lowest BCUT2D eigenvalue weighted by atomic mass is 10.1. The van der Waals surface area contributed by atoms with Gasteiger partial charge in [0.2, 0.25) is 0 Å². The van der Waals surface area contributed by atoms with Gasteiger partial charge in [-0.3, -0.25) is 10.3 Å². The Hall–Kier alpha value is -1.07. The summed E-state index contributed by atoms with van der Waals surface area (Å²) in [5.74, 6) is 0.118. The van der Waals surface area contributed by atoms with Gasteiger partial charge >= 0.3 is 0 Å². The van der Waals surface area contributed by atoms with Crippen molar-refractivity contribution < 1.29 is 0 Å². The lowest BCUT2D eigenvalue weighted by Crippen LogP contribution is -2.36. The predicted octanol–water partition coefficient (Wildman–Crippen LogP) is 2.41. The van der Waals surface area contributed by atoms with Crippen LogP contribution in [0.15, 0.2) is 22.7 Å². The van der Waals surface area contributed by atoms with Crippen molar-refractivity contribution in [3.63, 3.8) is 0 Å². The first-order valence-corrected chi connectivity index (χ1v) is 7.96. The summed E-state index contributed by atoms with van der Waals surface area (Å²) in [7, 11) is 2.26. The van der Waals surface area contributed by atoms with Crippen molar-refractivity contribution in [1.29, 1.82) is 5.41 Å². The highest BCUT2D eigenvalue weighted by atomic mass is 79.9. The highest BCUT2D eigenvalue weighted by Gasteiger charge is 2.34. The fourth-order valence-corrected chi connectivity index (χ4v) is 4.09. The van der Waals surface area contributed by atoms with Crippen LogP contribution >= 0.6 is 15.9 Å². The molecule has 2 aliphatic rings. The molecule has 1 aromatic rings. The first kappa shape index (κ1) is 13.9. The molecule has 108 valence electrons. The molecule has 2 unspecified atom stereocenters. The second-order valence-electron chi connectivity index (χ2n) is 5.87. The van der Waals surface area contributed by atoms with E-state index in [9.17, 15) is 0 Å². The van der Waals surface area contributed by atoms with Gasteiger partial charge in [0, 0.05) is 35.2 Å². The van der Waals surface area contributed by atoms with E-state index in [1.807, 2.05) is 12.1 Å². The summed E-state index contributed by atoms with van der Waals surface area (Å²) >= 11 is 3.64. The quantitative estimate of drug-likeness (QED) is 0.644. The zero-order valence-corrected chi connectivity index (χ0v) is 13.4. The van der Waals surface area contributed by atoms with Crippen LogP contribution in [0.5, 0.6) is 0 Å². The molecule has 0 aromatic heterocycles. The predicted molar refractivity (Wildman–Crippen MR) is 86.6 cm³/mol. The number of benzene rings is 1. The van der Waals surface area contributed by atoms with Crippen LogP contribution in [0.1, 0.15) is 24.8 Å². The van der Waals surface area contributed by atoms with Crippen molar-refractivity contribution in [3.05, 3.63) is 28.2 Å². The van der Waals surface area contributed by atoms with Gasteiger partial charge in [-0.2, -0.15) is 0 Å². The van der Waals surface area contributed by atoms with E-state index in [1.165, 1.54) is 24.9 Å². The number of hydrogen-bond donors (Lipinski definition) is 2. The van der Waals surface area contributed by atoms with Crippen LogP contribution in [-0.2, 0) is 0 Å². The average Bonchev–Trinajstić information content (AvgIpc) is 2.64. The van der Waals surface area contributed by atoms with Crippen molar-refractivity contribution in [1.82, 2.24) is 4.90 Å². The molecule has 2 atom stereocenters. The summed E-state index contributed by atoms with van der Waals surface area (Å²) in [6, 6.07) is 7.39. The van der Waals surface area contributed by atoms with Crippen molar-refractivity contribution in [3.8, 4) is 0 Å². The first-order valence-electron chi connectivity index (χ1n) is 7.17. The third-order valence-corrected chi connectivity index (χ3v) is 5.38. The van der Waals surface area contributed by atoms with Gasteiger partial charge in [-0.1, -0.05) is 0 Å². The number of likely N-dealkylation sites (N-methyl/N-ethyl adjacent to an activating group) is 1. The maximum Gasteiger partial charge on any atom is 0.122 e. The van der Waals surface area contributed by atoms with Gasteiger partial charge in [0.25, 0.3) is 0 Å². The van der Waals surface area contributed by atoms with Crippen LogP contribution in [-0.4, -0.2) is 43.0 Å². The minimum atomic E-state index is 0.118. The van der Waals surface area contributed by atoms with E-state index in [-0.39, 0.29) is 5.84 Å². The lowest BCUT2D eigenvalue weighted by molar-refractivity contribution is 0.254. The summed E-state index contributed by atoms with van der Waals surface area (Å²) in [5.41, 5.74) is 7.54. The van der Waals surface area contributed by atoms with Crippen LogP contribution in [0.4, 0.5) is 5.69 Å². The molecule has 0 saturated carbocycles. The molecule has 0 amide bonds. The van der Waals surface area contributed by atoms with Crippen molar-refractivity contribution in [2.75, 3.05) is 25.0 Å². The number of fused-ring (bicyclic) bond motifs is 2. The molecular weight excluding hydrogens is 316 g/mol. The summed E-state index contributed by atoms with van der Waals surface area (Å²) in [6.45, 7) is 2.19. The summed E-state index contributed by atoms with van der Waals surface area (Å²) in [5, 5.41) is 7.51. The van der Waals surface area contributed by atoms with E-state index < -0.39 is 0 Å². The molecule has 2 fully saturated rings. The molecule has 0 spiro atoms. The van der Waals surface area contributed by atoms with E-state index in [4.69, 9.17) is 11.1 Å². The molecule has 2 aliphatic heterocycles. The first-order chi connectivity index (χ1) is 9.56. The Bertz CT molecular complexity index is 531. The standard InChI is InChI=1S/C15H21BrN4/c1-19-11-3-4-12(19)9-20(7-6-11)14-5-2-10(15(17)18)8-13(14)16/h2,5,8,11-12H,3-4,6-7,9H2,1H3,(H3,17,18). The minimum absolute atomic E-state index is 0.118. The Morgan fingerprint density at radius 1 is 1.30 bits per heavy atom. The van der Waals surface area contributed by atoms with Gasteiger partial charge in [-0.15, -0.1) is 0 Å². The normalized spacial score (nSPS) is 26.6.